The van der Waals surface area contributed by atoms with E-state index in [4.69, 9.17) is 0 Å². The van der Waals surface area contributed by atoms with E-state index in [9.17, 15) is 0 Å². The molecule has 0 atom stereocenters. The molecule has 0 aromatic carbocycles. The summed E-state index contributed by atoms with van der Waals surface area (Å²) in [6.45, 7) is 6.61. The van der Waals surface area contributed by atoms with E-state index in [0.29, 0.717) is 11.6 Å². The highest BCUT2D eigenvalue weighted by Gasteiger charge is 1.90. The third-order valence-electron chi connectivity index (χ3n) is 0.962. The van der Waals surface area contributed by atoms with Gasteiger partial charge in [-0.3, -0.25) is 0 Å². The van der Waals surface area contributed by atoms with E-state index in [2.05, 4.69) is 33.4 Å². The van der Waals surface area contributed by atoms with E-state index < -0.39 is 0 Å². The molecule has 1 aromatic rings. The van der Waals surface area contributed by atoms with Crippen LogP contribution in [-0.4, -0.2) is 23.4 Å². The van der Waals surface area contributed by atoms with Crippen LogP contribution in [0, 0.1) is 0 Å². The van der Waals surface area contributed by atoms with E-state index in [0.717, 1.165) is 0 Å². The first-order chi connectivity index (χ1) is 4.86. The molecule has 0 amide bonds. The molecule has 0 unspecified atom stereocenters. The highest BCUT2D eigenvalue weighted by molar-refractivity contribution is 5.47. The third-order valence-corrected chi connectivity index (χ3v) is 0.962. The monoisotopic (exact) mass is 134 g/mol. The van der Waals surface area contributed by atoms with Gasteiger partial charge in [0.05, 0.1) is 0 Å². The van der Waals surface area contributed by atoms with E-state index in [1.807, 2.05) is 0 Å². The van der Waals surface area contributed by atoms with Gasteiger partial charge in [-0.25, -0.2) is 20.0 Å². The van der Waals surface area contributed by atoms with Crippen molar-refractivity contribution >= 4 is 25.1 Å². The molecule has 10 heavy (non-hydrogen) atoms. The molecule has 0 saturated carbocycles. The van der Waals surface area contributed by atoms with Crippen LogP contribution in [0.4, 0.5) is 11.6 Å². The SMILES string of the molecule is C=Nc1cc(N=C)ncn1. The van der Waals surface area contributed by atoms with Gasteiger partial charge in [0.15, 0.2) is 11.6 Å². The first-order valence-corrected chi connectivity index (χ1v) is 2.62. The quantitative estimate of drug-likeness (QED) is 0.569. The number of hydrogen-bond acceptors (Lipinski definition) is 4. The summed E-state index contributed by atoms with van der Waals surface area (Å²) in [7, 11) is 0. The molecule has 0 aliphatic rings. The molecule has 0 aliphatic heterocycles. The first-order valence-electron chi connectivity index (χ1n) is 2.62. The molecule has 0 N–H and O–H groups in total. The molecule has 0 spiro atoms. The Morgan fingerprint density at radius 2 is 1.60 bits per heavy atom. The average Bonchev–Trinajstić information content (AvgIpc) is 2.05. The molecular weight excluding hydrogens is 128 g/mol. The van der Waals surface area contributed by atoms with Crippen LogP contribution in [0.15, 0.2) is 22.4 Å². The van der Waals surface area contributed by atoms with Crippen LogP contribution in [0.5, 0.6) is 0 Å². The second-order valence-electron chi connectivity index (χ2n) is 1.55. The maximum Gasteiger partial charge on any atom is 0.156 e. The van der Waals surface area contributed by atoms with Crippen molar-refractivity contribution in [2.24, 2.45) is 9.98 Å². The molecule has 1 heterocycles. The van der Waals surface area contributed by atoms with Gasteiger partial charge in [-0.05, 0) is 13.4 Å². The third kappa shape index (κ3) is 1.22. The largest absolute Gasteiger partial charge is 0.245 e. The van der Waals surface area contributed by atoms with Crippen molar-refractivity contribution in [1.82, 2.24) is 9.97 Å². The predicted molar refractivity (Wildman–Crippen MR) is 40.5 cm³/mol. The highest BCUT2D eigenvalue weighted by atomic mass is 15.0. The summed E-state index contributed by atoms with van der Waals surface area (Å²) in [6.07, 6.45) is 1.37. The molecule has 4 nitrogen and oxygen atoms in total. The van der Waals surface area contributed by atoms with E-state index >= 15 is 0 Å². The summed E-state index contributed by atoms with van der Waals surface area (Å²) in [5.41, 5.74) is 0. The normalized spacial score (nSPS) is 8.80. The van der Waals surface area contributed by atoms with Crippen LogP contribution >= 0.6 is 0 Å². The highest BCUT2D eigenvalue weighted by Crippen LogP contribution is 2.11. The average molecular weight is 134 g/mol. The fourth-order valence-electron chi connectivity index (χ4n) is 0.510. The smallest absolute Gasteiger partial charge is 0.156 e. The van der Waals surface area contributed by atoms with Crippen LogP contribution in [0.2, 0.25) is 0 Å². The van der Waals surface area contributed by atoms with Gasteiger partial charge in [-0.2, -0.15) is 0 Å². The van der Waals surface area contributed by atoms with Crippen molar-refractivity contribution in [1.29, 1.82) is 0 Å². The molecule has 4 heteroatoms. The van der Waals surface area contributed by atoms with Crippen molar-refractivity contribution < 1.29 is 0 Å². The maximum absolute atomic E-state index is 3.78. The Kier molecular flexibility index (Phi) is 1.84. The van der Waals surface area contributed by atoms with Crippen LogP contribution in [0.3, 0.4) is 0 Å². The first kappa shape index (κ1) is 6.54. The number of rotatable bonds is 2. The minimum atomic E-state index is 0.511. The number of aliphatic imine (C=N–C) groups is 2. The fourth-order valence-corrected chi connectivity index (χ4v) is 0.510. The van der Waals surface area contributed by atoms with Crippen molar-refractivity contribution in [3.63, 3.8) is 0 Å². The Morgan fingerprint density at radius 3 is 2.00 bits per heavy atom. The van der Waals surface area contributed by atoms with Crippen molar-refractivity contribution in [3.05, 3.63) is 12.4 Å². The van der Waals surface area contributed by atoms with Gasteiger partial charge in [0.2, 0.25) is 0 Å². The standard InChI is InChI=1S/C6H6N4/c1-7-5-3-6(8-2)10-4-9-5/h3-4H,1-2H2. The summed E-state index contributed by atoms with van der Waals surface area (Å²) in [5, 5.41) is 0. The second-order valence-corrected chi connectivity index (χ2v) is 1.55. The van der Waals surface area contributed by atoms with Crippen LogP contribution in [0.1, 0.15) is 0 Å². The zero-order valence-electron chi connectivity index (χ0n) is 5.36. The molecule has 1 aromatic heterocycles. The zero-order valence-corrected chi connectivity index (χ0v) is 5.36. The summed E-state index contributed by atoms with van der Waals surface area (Å²) in [6, 6.07) is 1.60. The molecule has 0 saturated heterocycles. The number of aromatic nitrogens is 2. The van der Waals surface area contributed by atoms with Gasteiger partial charge in [-0.15, -0.1) is 0 Å². The minimum absolute atomic E-state index is 0.511. The fraction of sp³-hybridized carbons (Fsp3) is 0. The van der Waals surface area contributed by atoms with Gasteiger partial charge in [0.1, 0.15) is 6.33 Å². The lowest BCUT2D eigenvalue weighted by Crippen LogP contribution is -1.76. The van der Waals surface area contributed by atoms with Gasteiger partial charge >= 0.3 is 0 Å². The zero-order chi connectivity index (χ0) is 7.40. The predicted octanol–water partition coefficient (Wildman–Crippen LogP) is 1.14. The molecule has 0 aliphatic carbocycles. The van der Waals surface area contributed by atoms with Crippen molar-refractivity contribution in [3.8, 4) is 0 Å². The molecule has 0 bridgehead atoms. The molecule has 1 rings (SSSR count). The Balaban J connectivity index is 3.09. The summed E-state index contributed by atoms with van der Waals surface area (Å²) < 4.78 is 0. The summed E-state index contributed by atoms with van der Waals surface area (Å²) in [5.74, 6) is 1.02. The van der Waals surface area contributed by atoms with Gasteiger partial charge in [0.25, 0.3) is 0 Å². The maximum atomic E-state index is 3.78. The minimum Gasteiger partial charge on any atom is -0.245 e. The molecule has 0 fully saturated rings. The van der Waals surface area contributed by atoms with E-state index in [1.165, 1.54) is 6.33 Å². The van der Waals surface area contributed by atoms with Crippen LogP contribution in [0.25, 0.3) is 0 Å². The van der Waals surface area contributed by atoms with Crippen LogP contribution in [-0.2, 0) is 0 Å². The van der Waals surface area contributed by atoms with Crippen molar-refractivity contribution in [2.45, 2.75) is 0 Å². The number of nitrogens with zero attached hydrogens (tertiary/aromatic N) is 4. The number of hydrogen-bond donors (Lipinski definition) is 0. The lowest BCUT2D eigenvalue weighted by atomic mass is 10.5. The van der Waals surface area contributed by atoms with E-state index in [1.54, 1.807) is 6.07 Å². The summed E-state index contributed by atoms with van der Waals surface area (Å²) in [4.78, 5) is 14.7. The van der Waals surface area contributed by atoms with Gasteiger partial charge < -0.3 is 0 Å². The van der Waals surface area contributed by atoms with Gasteiger partial charge in [-0.1, -0.05) is 0 Å². The van der Waals surface area contributed by atoms with Crippen molar-refractivity contribution in [2.75, 3.05) is 0 Å². The molecular formula is C6H6N4. The lowest BCUT2D eigenvalue weighted by Gasteiger charge is -1.90. The van der Waals surface area contributed by atoms with Crippen LogP contribution < -0.4 is 0 Å². The summed E-state index contributed by atoms with van der Waals surface area (Å²) >= 11 is 0. The lowest BCUT2D eigenvalue weighted by molar-refractivity contribution is 1.14. The topological polar surface area (TPSA) is 50.5 Å². The second kappa shape index (κ2) is 2.82. The Hall–Kier alpha value is -1.58. The molecule has 50 valence electrons. The Morgan fingerprint density at radius 1 is 1.10 bits per heavy atom. The Labute approximate surface area is 58.4 Å². The van der Waals surface area contributed by atoms with Gasteiger partial charge in [0, 0.05) is 6.07 Å². The van der Waals surface area contributed by atoms with E-state index in [-0.39, 0.29) is 0 Å². The molecule has 0 radical (unpaired) electrons. The Bertz CT molecular complexity index is 232.